The molecule has 0 unspecified atom stereocenters. The lowest BCUT2D eigenvalue weighted by Gasteiger charge is -2.05. The first-order valence-electron chi connectivity index (χ1n) is 9.17. The van der Waals surface area contributed by atoms with Gasteiger partial charge in [-0.3, -0.25) is 14.6 Å². The summed E-state index contributed by atoms with van der Waals surface area (Å²) in [4.78, 5) is 27.3. The van der Waals surface area contributed by atoms with Gasteiger partial charge in [0.15, 0.2) is 0 Å². The lowest BCUT2D eigenvalue weighted by Crippen LogP contribution is -2.19. The summed E-state index contributed by atoms with van der Waals surface area (Å²) in [6.45, 7) is 0. The Morgan fingerprint density at radius 2 is 1.90 bits per heavy atom. The van der Waals surface area contributed by atoms with Crippen LogP contribution in [0, 0.1) is 0 Å². The second kappa shape index (κ2) is 9.19. The van der Waals surface area contributed by atoms with E-state index in [0.29, 0.717) is 28.0 Å². The minimum atomic E-state index is -0.340. The summed E-state index contributed by atoms with van der Waals surface area (Å²) in [5.41, 5.74) is 1.52. The van der Waals surface area contributed by atoms with Crippen molar-refractivity contribution in [1.82, 2.24) is 24.8 Å². The Bertz CT molecular complexity index is 1270. The summed E-state index contributed by atoms with van der Waals surface area (Å²) < 4.78 is 6.58. The van der Waals surface area contributed by atoms with Gasteiger partial charge in [0.05, 0.1) is 12.9 Å². The normalized spacial score (nSPS) is 10.9. The highest BCUT2D eigenvalue weighted by molar-refractivity contribution is 7.99. The molecule has 2 aromatic heterocycles. The number of aromatic amines is 1. The van der Waals surface area contributed by atoms with E-state index in [9.17, 15) is 9.59 Å². The molecule has 31 heavy (non-hydrogen) atoms. The van der Waals surface area contributed by atoms with E-state index in [2.05, 4.69) is 25.6 Å². The van der Waals surface area contributed by atoms with Crippen molar-refractivity contribution in [3.05, 3.63) is 75.2 Å². The Balaban J connectivity index is 1.48. The molecule has 1 amide bonds. The number of nitrogens with one attached hydrogen (secondary N) is 2. The van der Waals surface area contributed by atoms with Gasteiger partial charge in [0.1, 0.15) is 11.4 Å². The molecular weight excluding hydrogens is 440 g/mol. The van der Waals surface area contributed by atoms with Gasteiger partial charge >= 0.3 is 0 Å². The number of nitrogens with zero attached hydrogens (tertiary/aromatic N) is 4. The minimum Gasteiger partial charge on any atom is -0.497 e. The molecule has 0 saturated carbocycles. The summed E-state index contributed by atoms with van der Waals surface area (Å²) in [6.07, 6.45) is 0.328. The van der Waals surface area contributed by atoms with Gasteiger partial charge in [0.2, 0.25) is 11.1 Å². The predicted molar refractivity (Wildman–Crippen MR) is 118 cm³/mol. The number of methoxy groups -OCH3 is 1. The first-order chi connectivity index (χ1) is 15.0. The van der Waals surface area contributed by atoms with Crippen molar-refractivity contribution < 1.29 is 9.53 Å². The Morgan fingerprint density at radius 1 is 1.16 bits per heavy atom. The molecule has 0 atom stereocenters. The molecule has 2 N–H and O–H groups in total. The second-order valence-electron chi connectivity index (χ2n) is 6.49. The molecule has 2 heterocycles. The van der Waals surface area contributed by atoms with Crippen LogP contribution in [0.5, 0.6) is 5.75 Å². The van der Waals surface area contributed by atoms with Crippen molar-refractivity contribution in [3.63, 3.8) is 0 Å². The number of anilines is 1. The number of aromatic nitrogens is 5. The molecule has 4 aromatic rings. The van der Waals surface area contributed by atoms with E-state index in [1.807, 2.05) is 24.3 Å². The largest absolute Gasteiger partial charge is 0.497 e. The van der Waals surface area contributed by atoms with E-state index in [1.54, 1.807) is 31.4 Å². The van der Waals surface area contributed by atoms with Crippen LogP contribution >= 0.6 is 23.4 Å². The van der Waals surface area contributed by atoms with Gasteiger partial charge in [-0.15, -0.1) is 10.2 Å². The van der Waals surface area contributed by atoms with Gasteiger partial charge in [-0.25, -0.2) is 0 Å². The van der Waals surface area contributed by atoms with Crippen molar-refractivity contribution in [1.29, 1.82) is 0 Å². The predicted octanol–water partition coefficient (Wildman–Crippen LogP) is 2.80. The number of fused-ring (bicyclic) bond motifs is 1. The van der Waals surface area contributed by atoms with Crippen LogP contribution in [-0.2, 0) is 11.2 Å². The van der Waals surface area contributed by atoms with Gasteiger partial charge in [-0.2, -0.15) is 9.61 Å². The van der Waals surface area contributed by atoms with Crippen LogP contribution in [0.4, 0.5) is 5.69 Å². The van der Waals surface area contributed by atoms with E-state index in [0.717, 1.165) is 23.1 Å². The van der Waals surface area contributed by atoms with Crippen molar-refractivity contribution >= 4 is 40.7 Å². The molecule has 0 spiro atoms. The third kappa shape index (κ3) is 5.04. The molecule has 11 heteroatoms. The highest BCUT2D eigenvalue weighted by Crippen LogP contribution is 2.18. The average molecular weight is 457 g/mol. The number of hydrogen-bond donors (Lipinski definition) is 2. The van der Waals surface area contributed by atoms with Crippen LogP contribution in [0.15, 0.2) is 58.5 Å². The summed E-state index contributed by atoms with van der Waals surface area (Å²) >= 11 is 7.01. The van der Waals surface area contributed by atoms with E-state index < -0.39 is 0 Å². The number of amides is 1. The van der Waals surface area contributed by atoms with Crippen LogP contribution in [0.3, 0.4) is 0 Å². The first-order valence-corrected chi connectivity index (χ1v) is 10.5. The number of thioether (sulfide) groups is 1. The molecule has 2 aromatic carbocycles. The molecule has 0 aliphatic rings. The molecule has 0 fully saturated rings. The fourth-order valence-corrected chi connectivity index (χ4v) is 3.58. The van der Waals surface area contributed by atoms with Gasteiger partial charge < -0.3 is 10.1 Å². The third-order valence-electron chi connectivity index (χ3n) is 4.31. The Hall–Kier alpha value is -3.37. The van der Waals surface area contributed by atoms with Crippen LogP contribution in [0.1, 0.15) is 11.3 Å². The van der Waals surface area contributed by atoms with Crippen LogP contribution in [-0.4, -0.2) is 43.6 Å². The number of carbonyl (C=O) groups is 1. The quantitative estimate of drug-likeness (QED) is 0.411. The average Bonchev–Trinajstić information content (AvgIpc) is 3.16. The van der Waals surface area contributed by atoms with Gasteiger partial charge in [-0.1, -0.05) is 35.5 Å². The maximum atomic E-state index is 12.4. The lowest BCUT2D eigenvalue weighted by atomic mass is 10.1. The summed E-state index contributed by atoms with van der Waals surface area (Å²) in [7, 11) is 1.59. The van der Waals surface area contributed by atoms with E-state index in [1.165, 1.54) is 4.52 Å². The zero-order valence-electron chi connectivity index (χ0n) is 16.3. The van der Waals surface area contributed by atoms with Gasteiger partial charge in [0, 0.05) is 17.1 Å². The molecule has 0 aliphatic heterocycles. The molecule has 4 rings (SSSR count). The van der Waals surface area contributed by atoms with Crippen LogP contribution < -0.4 is 15.6 Å². The number of hydrogen-bond acceptors (Lipinski definition) is 7. The van der Waals surface area contributed by atoms with E-state index in [-0.39, 0.29) is 23.0 Å². The summed E-state index contributed by atoms with van der Waals surface area (Å²) in [5.74, 6) is 0.824. The summed E-state index contributed by atoms with van der Waals surface area (Å²) in [6, 6.07) is 14.2. The molecule has 158 valence electrons. The van der Waals surface area contributed by atoms with E-state index >= 15 is 0 Å². The fourth-order valence-electron chi connectivity index (χ4n) is 2.78. The molecular formula is C20H17ClN6O3S. The smallest absolute Gasteiger partial charge is 0.274 e. The van der Waals surface area contributed by atoms with Gasteiger partial charge in [-0.05, 0) is 42.0 Å². The third-order valence-corrected chi connectivity index (χ3v) is 5.48. The maximum absolute atomic E-state index is 12.4. The molecule has 0 saturated heterocycles. The standard InChI is InChI=1S/C20H17ClN6O3S/c1-30-15-8-2-12(3-9-15)10-16-18(29)23-19-24-25-20(27(19)26-16)31-11-17(28)22-14-6-4-13(21)5-7-14/h2-9H,10-11H2,1H3,(H,22,28)(H,23,24,29). The zero-order chi connectivity index (χ0) is 21.8. The highest BCUT2D eigenvalue weighted by atomic mass is 35.5. The van der Waals surface area contributed by atoms with Crippen LogP contribution in [0.25, 0.3) is 5.78 Å². The number of rotatable bonds is 7. The monoisotopic (exact) mass is 456 g/mol. The Morgan fingerprint density at radius 3 is 2.61 bits per heavy atom. The number of halogens is 1. The minimum absolute atomic E-state index is 0.0953. The van der Waals surface area contributed by atoms with Crippen molar-refractivity contribution in [3.8, 4) is 5.75 Å². The lowest BCUT2D eigenvalue weighted by molar-refractivity contribution is -0.113. The summed E-state index contributed by atoms with van der Waals surface area (Å²) in [5, 5.41) is 16.1. The second-order valence-corrected chi connectivity index (χ2v) is 7.87. The molecule has 0 bridgehead atoms. The van der Waals surface area contributed by atoms with Gasteiger partial charge in [0.25, 0.3) is 11.3 Å². The molecule has 9 nitrogen and oxygen atoms in total. The van der Waals surface area contributed by atoms with Crippen LogP contribution in [0.2, 0.25) is 5.02 Å². The number of H-pyrrole nitrogens is 1. The highest BCUT2D eigenvalue weighted by Gasteiger charge is 2.14. The van der Waals surface area contributed by atoms with Crippen molar-refractivity contribution in [2.75, 3.05) is 18.2 Å². The topological polar surface area (TPSA) is 114 Å². The fraction of sp³-hybridized carbons (Fsp3) is 0.150. The maximum Gasteiger partial charge on any atom is 0.274 e. The van der Waals surface area contributed by atoms with E-state index in [4.69, 9.17) is 16.3 Å². The number of carbonyl (C=O) groups excluding carboxylic acids is 1. The molecule has 0 radical (unpaired) electrons. The Labute approximate surface area is 185 Å². The number of ether oxygens (including phenoxy) is 1. The van der Waals surface area contributed by atoms with Crippen molar-refractivity contribution in [2.24, 2.45) is 0 Å². The Kier molecular flexibility index (Phi) is 6.19. The molecule has 0 aliphatic carbocycles. The van der Waals surface area contributed by atoms with Crippen molar-refractivity contribution in [2.45, 2.75) is 11.6 Å². The SMILES string of the molecule is COc1ccc(Cc2nn3c(SCC(=O)Nc4ccc(Cl)cc4)nnc3[nH]c2=O)cc1. The first kappa shape index (κ1) is 20.9. The number of benzene rings is 2. The zero-order valence-corrected chi connectivity index (χ0v) is 17.9.